The fraction of sp³-hybridized carbons (Fsp3) is 0.667. The van der Waals surface area contributed by atoms with Crippen LogP contribution in [0.4, 0.5) is 0 Å². The van der Waals surface area contributed by atoms with Crippen LogP contribution >= 0.6 is 12.2 Å². The van der Waals surface area contributed by atoms with Crippen LogP contribution in [0.1, 0.15) is 0 Å². The molecule has 0 aromatic heterocycles. The van der Waals surface area contributed by atoms with Gasteiger partial charge in [0.2, 0.25) is 5.11 Å². The Kier molecular flexibility index (Phi) is 1.86. The first-order valence-electron chi connectivity index (χ1n) is 2.55. The lowest BCUT2D eigenvalue weighted by molar-refractivity contribution is 0.486. The minimum absolute atomic E-state index is 0.0741. The molecule has 1 rings (SSSR count). The molecule has 0 aromatic rings. The highest BCUT2D eigenvalue weighted by atomic mass is 32.1. The van der Waals surface area contributed by atoms with Gasteiger partial charge in [0.1, 0.15) is 0 Å². The van der Waals surface area contributed by atoms with Crippen LogP contribution in [0.2, 0.25) is 0 Å². The molecule has 6 nitrogen and oxygen atoms in total. The van der Waals surface area contributed by atoms with E-state index < -0.39 is 0 Å². The van der Waals surface area contributed by atoms with Gasteiger partial charge in [-0.3, -0.25) is 0 Å². The van der Waals surface area contributed by atoms with E-state index in [2.05, 4.69) is 22.8 Å². The number of nitrogens with zero attached hydrogens (tertiary/aromatic N) is 4. The van der Waals surface area contributed by atoms with E-state index in [0.29, 0.717) is 13.1 Å². The topological polar surface area (TPSA) is 65.3 Å². The zero-order chi connectivity index (χ0) is 7.56. The molecule has 1 aliphatic heterocycles. The lowest BCUT2D eigenvalue weighted by atomic mass is 10.7. The van der Waals surface area contributed by atoms with Crippen LogP contribution in [-0.4, -0.2) is 28.2 Å². The van der Waals surface area contributed by atoms with Gasteiger partial charge in [0.05, 0.1) is 23.7 Å². The summed E-state index contributed by atoms with van der Waals surface area (Å²) in [5, 5.41) is 7.23. The average molecular weight is 160 g/mol. The predicted octanol–water partition coefficient (Wildman–Crippen LogP) is 0.252. The van der Waals surface area contributed by atoms with Gasteiger partial charge in [-0.25, -0.2) is 0 Å². The molecule has 0 radical (unpaired) electrons. The molecular weight excluding hydrogens is 156 g/mol. The maximum absolute atomic E-state index is 9.90. The Morgan fingerprint density at radius 3 is 1.80 bits per heavy atom. The predicted molar refractivity (Wildman–Crippen MR) is 37.6 cm³/mol. The van der Waals surface area contributed by atoms with Crippen LogP contribution in [0.5, 0.6) is 0 Å². The largest absolute Gasteiger partial charge is 0.218 e. The van der Waals surface area contributed by atoms with Crippen molar-refractivity contribution in [1.29, 1.82) is 0 Å². The summed E-state index contributed by atoms with van der Waals surface area (Å²) in [4.78, 5) is 19.8. The van der Waals surface area contributed by atoms with Gasteiger partial charge in [-0.15, -0.1) is 9.81 Å². The van der Waals surface area contributed by atoms with Gasteiger partial charge >= 0.3 is 0 Å². The molecule has 1 heterocycles. The molecule has 0 aromatic carbocycles. The van der Waals surface area contributed by atoms with Crippen LogP contribution in [0.3, 0.4) is 0 Å². The smallest absolute Gasteiger partial charge is 0.200 e. The standard InChI is InChI=1S/C3H4N4O2S/c8-4-6-1-2-7(5-9)3(6)10/h1-2H2. The van der Waals surface area contributed by atoms with E-state index in [0.717, 1.165) is 10.0 Å². The molecule has 54 valence electrons. The van der Waals surface area contributed by atoms with Crippen molar-refractivity contribution in [2.24, 2.45) is 10.6 Å². The van der Waals surface area contributed by atoms with Crippen molar-refractivity contribution in [1.82, 2.24) is 10.0 Å². The Balaban J connectivity index is 2.66. The van der Waals surface area contributed by atoms with Crippen molar-refractivity contribution in [3.8, 4) is 0 Å². The van der Waals surface area contributed by atoms with Crippen molar-refractivity contribution in [2.75, 3.05) is 13.1 Å². The second-order valence-corrected chi connectivity index (χ2v) is 2.06. The Morgan fingerprint density at radius 1 is 1.20 bits per heavy atom. The molecule has 1 fully saturated rings. The van der Waals surface area contributed by atoms with E-state index >= 15 is 0 Å². The van der Waals surface area contributed by atoms with E-state index in [1.165, 1.54) is 0 Å². The third-order valence-electron chi connectivity index (χ3n) is 1.16. The molecule has 0 atom stereocenters. The Morgan fingerprint density at radius 2 is 1.60 bits per heavy atom. The average Bonchev–Trinajstić information content (AvgIpc) is 2.30. The van der Waals surface area contributed by atoms with Crippen molar-refractivity contribution in [3.63, 3.8) is 0 Å². The summed E-state index contributed by atoms with van der Waals surface area (Å²) in [5.74, 6) is 0. The van der Waals surface area contributed by atoms with Crippen molar-refractivity contribution >= 4 is 17.3 Å². The summed E-state index contributed by atoms with van der Waals surface area (Å²) in [6.07, 6.45) is 0. The third-order valence-corrected chi connectivity index (χ3v) is 1.58. The highest BCUT2D eigenvalue weighted by Gasteiger charge is 2.26. The molecule has 0 unspecified atom stereocenters. The van der Waals surface area contributed by atoms with Gasteiger partial charge < -0.3 is 0 Å². The van der Waals surface area contributed by atoms with Gasteiger partial charge in [0.25, 0.3) is 0 Å². The summed E-state index contributed by atoms with van der Waals surface area (Å²) in [7, 11) is 0. The minimum atomic E-state index is 0.0741. The molecular formula is C3H4N4O2S. The SMILES string of the molecule is O=NN1CCN(N=O)C1=S. The second-order valence-electron chi connectivity index (χ2n) is 1.69. The third kappa shape index (κ3) is 0.947. The summed E-state index contributed by atoms with van der Waals surface area (Å²) in [6, 6.07) is 0. The zero-order valence-corrected chi connectivity index (χ0v) is 5.74. The van der Waals surface area contributed by atoms with Crippen LogP contribution in [-0.2, 0) is 0 Å². The molecule has 0 amide bonds. The van der Waals surface area contributed by atoms with Crippen LogP contribution in [0, 0.1) is 9.81 Å². The van der Waals surface area contributed by atoms with Crippen molar-refractivity contribution in [2.45, 2.75) is 0 Å². The lowest BCUT2D eigenvalue weighted by Gasteiger charge is -2.05. The molecule has 0 N–H and O–H groups in total. The normalized spacial score (nSPS) is 17.8. The first-order valence-corrected chi connectivity index (χ1v) is 2.96. The summed E-state index contributed by atoms with van der Waals surface area (Å²) < 4.78 is 0. The highest BCUT2D eigenvalue weighted by Crippen LogP contribution is 2.08. The number of nitroso groups, excluding NO2 is 2. The molecule has 0 saturated carbocycles. The van der Waals surface area contributed by atoms with Crippen LogP contribution in [0.25, 0.3) is 0 Å². The van der Waals surface area contributed by atoms with E-state index in [1.807, 2.05) is 0 Å². The first kappa shape index (κ1) is 7.00. The van der Waals surface area contributed by atoms with Crippen LogP contribution in [0.15, 0.2) is 10.6 Å². The molecule has 0 bridgehead atoms. The highest BCUT2D eigenvalue weighted by molar-refractivity contribution is 7.80. The Hall–Kier alpha value is -1.11. The fourth-order valence-electron chi connectivity index (χ4n) is 0.665. The number of rotatable bonds is 2. The van der Waals surface area contributed by atoms with Gasteiger partial charge in [0, 0.05) is 0 Å². The minimum Gasteiger partial charge on any atom is -0.200 e. The molecule has 7 heteroatoms. The maximum Gasteiger partial charge on any atom is 0.218 e. The van der Waals surface area contributed by atoms with E-state index in [9.17, 15) is 9.81 Å². The molecule has 0 aliphatic carbocycles. The Labute approximate surface area is 61.7 Å². The summed E-state index contributed by atoms with van der Waals surface area (Å²) in [6.45, 7) is 0.683. The van der Waals surface area contributed by atoms with Gasteiger partial charge in [0.15, 0.2) is 0 Å². The van der Waals surface area contributed by atoms with Gasteiger partial charge in [-0.1, -0.05) is 0 Å². The number of hydrogen-bond acceptors (Lipinski definition) is 5. The maximum atomic E-state index is 9.90. The monoisotopic (exact) mass is 160 g/mol. The number of thiocarbonyl (C=S) groups is 1. The van der Waals surface area contributed by atoms with Crippen molar-refractivity contribution < 1.29 is 0 Å². The Bertz CT molecular complexity index is 165. The second kappa shape index (κ2) is 2.65. The molecule has 1 saturated heterocycles. The molecule has 10 heavy (non-hydrogen) atoms. The lowest BCUT2D eigenvalue weighted by Crippen LogP contribution is -2.23. The summed E-state index contributed by atoms with van der Waals surface area (Å²) >= 11 is 4.62. The summed E-state index contributed by atoms with van der Waals surface area (Å²) in [5.41, 5.74) is 0. The van der Waals surface area contributed by atoms with Gasteiger partial charge in [-0.05, 0) is 12.2 Å². The van der Waals surface area contributed by atoms with Gasteiger partial charge in [-0.2, -0.15) is 10.0 Å². The molecule has 0 spiro atoms. The van der Waals surface area contributed by atoms with Crippen LogP contribution < -0.4 is 0 Å². The fourth-order valence-corrected chi connectivity index (χ4v) is 0.915. The van der Waals surface area contributed by atoms with E-state index in [-0.39, 0.29) is 5.11 Å². The zero-order valence-electron chi connectivity index (χ0n) is 4.93. The first-order chi connectivity index (χ1) is 4.79. The number of hydrogen-bond donors (Lipinski definition) is 0. The quantitative estimate of drug-likeness (QED) is 0.428. The van der Waals surface area contributed by atoms with Crippen molar-refractivity contribution in [3.05, 3.63) is 9.81 Å². The van der Waals surface area contributed by atoms with E-state index in [1.54, 1.807) is 0 Å². The molecule has 1 aliphatic rings. The van der Waals surface area contributed by atoms with E-state index in [4.69, 9.17) is 0 Å².